The Morgan fingerprint density at radius 1 is 0.811 bits per heavy atom. The van der Waals surface area contributed by atoms with Gasteiger partial charge in [0.1, 0.15) is 22.5 Å². The molecule has 0 saturated carbocycles. The second-order valence-corrected chi connectivity index (χ2v) is 12.1. The molecule has 5 aromatic rings. The third-order valence-corrected chi connectivity index (χ3v) is 9.47. The smallest absolute Gasteiger partial charge is 0.138 e. The van der Waals surface area contributed by atoms with Gasteiger partial charge in [-0.05, 0) is 84.9 Å². The first-order valence-corrected chi connectivity index (χ1v) is 13.9. The summed E-state index contributed by atoms with van der Waals surface area (Å²) in [4.78, 5) is 11.4. The summed E-state index contributed by atoms with van der Waals surface area (Å²) in [7, 11) is -2.74. The summed E-state index contributed by atoms with van der Waals surface area (Å²) >= 11 is 1.41. The van der Waals surface area contributed by atoms with Crippen molar-refractivity contribution in [2.24, 2.45) is 0 Å². The van der Waals surface area contributed by atoms with Crippen LogP contribution in [0, 0.1) is 11.6 Å². The van der Waals surface area contributed by atoms with Crippen LogP contribution in [0.15, 0.2) is 102 Å². The van der Waals surface area contributed by atoms with E-state index in [1.54, 1.807) is 30.5 Å². The van der Waals surface area contributed by atoms with Crippen molar-refractivity contribution in [1.82, 2.24) is 9.97 Å². The van der Waals surface area contributed by atoms with Crippen molar-refractivity contribution in [1.29, 1.82) is 0 Å². The van der Waals surface area contributed by atoms with Crippen molar-refractivity contribution in [2.45, 2.75) is 18.7 Å². The predicted molar refractivity (Wildman–Crippen MR) is 149 cm³/mol. The van der Waals surface area contributed by atoms with Crippen molar-refractivity contribution in [3.63, 3.8) is 0 Å². The molecule has 1 N–H and O–H groups in total. The third kappa shape index (κ3) is 5.16. The van der Waals surface area contributed by atoms with Crippen molar-refractivity contribution < 1.29 is 13.0 Å². The largest absolute Gasteiger partial charge is 0.293 e. The van der Waals surface area contributed by atoms with Gasteiger partial charge in [0.15, 0.2) is 0 Å². The number of rotatable bonds is 6. The van der Waals surface area contributed by atoms with Gasteiger partial charge in [0.2, 0.25) is 0 Å². The van der Waals surface area contributed by atoms with Gasteiger partial charge in [-0.3, -0.25) is 4.72 Å². The van der Waals surface area contributed by atoms with E-state index in [1.807, 2.05) is 56.3 Å². The zero-order valence-corrected chi connectivity index (χ0v) is 21.7. The number of thiazole rings is 1. The maximum absolute atomic E-state index is 14.1. The number of nitrogens with one attached hydrogen (secondary N) is 1. The van der Waals surface area contributed by atoms with Crippen LogP contribution in [0.4, 0.5) is 14.6 Å². The summed E-state index contributed by atoms with van der Waals surface area (Å²) in [6.07, 6.45) is 1.64. The maximum Gasteiger partial charge on any atom is 0.138 e. The molecule has 3 aromatic carbocycles. The molecule has 2 aromatic heterocycles. The molecule has 0 amide bonds. The fourth-order valence-corrected chi connectivity index (χ4v) is 6.68. The Morgan fingerprint density at radius 2 is 1.57 bits per heavy atom. The monoisotopic (exact) mass is 531 g/mol. The second kappa shape index (κ2) is 10.2. The molecule has 0 bridgehead atoms. The highest BCUT2D eigenvalue weighted by atomic mass is 32.2. The number of halogens is 2. The lowest BCUT2D eigenvalue weighted by molar-refractivity contribution is 0.627. The first-order chi connectivity index (χ1) is 17.8. The first-order valence-electron chi connectivity index (χ1n) is 11.5. The van der Waals surface area contributed by atoms with Gasteiger partial charge in [-0.1, -0.05) is 30.3 Å². The van der Waals surface area contributed by atoms with Crippen molar-refractivity contribution in [2.75, 3.05) is 4.72 Å². The Morgan fingerprint density at radius 3 is 2.27 bits per heavy atom. The Bertz CT molecular complexity index is 1690. The molecule has 0 saturated heterocycles. The molecule has 4 nitrogen and oxygen atoms in total. The highest BCUT2D eigenvalue weighted by molar-refractivity contribution is 8.03. The van der Waals surface area contributed by atoms with Gasteiger partial charge in [-0.2, -0.15) is 0 Å². The van der Waals surface area contributed by atoms with Crippen LogP contribution in [0.25, 0.3) is 32.3 Å². The summed E-state index contributed by atoms with van der Waals surface area (Å²) in [6.45, 7) is 3.65. The molecule has 5 rings (SSSR count). The standard InChI is InChI=1S/C29H23F2N3OS2/c1-19(2)37(35,25-9-4-3-5-10-25)34-26-18-22(15-16-32-26)28-27(21-7-6-8-24(31)17-21)33-29(36-28)20-11-13-23(30)14-12-20/h3-18H,1-2H3,(H,32,34,35). The van der Waals surface area contributed by atoms with E-state index >= 15 is 0 Å². The van der Waals surface area contributed by atoms with Gasteiger partial charge in [0.25, 0.3) is 0 Å². The lowest BCUT2D eigenvalue weighted by Crippen LogP contribution is -2.20. The Balaban J connectivity index is 1.62. The highest BCUT2D eigenvalue weighted by Gasteiger charge is 2.19. The number of benzene rings is 3. The van der Waals surface area contributed by atoms with Gasteiger partial charge in [-0.25, -0.2) is 23.0 Å². The van der Waals surface area contributed by atoms with Crippen LogP contribution in [-0.4, -0.2) is 19.0 Å². The molecule has 0 spiro atoms. The molecule has 8 heteroatoms. The molecule has 0 aliphatic heterocycles. The fourth-order valence-electron chi connectivity index (χ4n) is 3.85. The van der Waals surface area contributed by atoms with Crippen molar-refractivity contribution in [3.8, 4) is 32.3 Å². The van der Waals surface area contributed by atoms with Gasteiger partial charge < -0.3 is 0 Å². The van der Waals surface area contributed by atoms with Crippen LogP contribution in [0.2, 0.25) is 0 Å². The first kappa shape index (κ1) is 24.8. The summed E-state index contributed by atoms with van der Waals surface area (Å²) in [5.74, 6) is -0.260. The number of anilines is 1. The van der Waals surface area contributed by atoms with E-state index in [0.29, 0.717) is 27.0 Å². The van der Waals surface area contributed by atoms with Crippen LogP contribution >= 0.6 is 11.3 Å². The van der Waals surface area contributed by atoms with E-state index in [0.717, 1.165) is 20.9 Å². The van der Waals surface area contributed by atoms with Crippen LogP contribution in [-0.2, 0) is 9.71 Å². The van der Waals surface area contributed by atoms with Crippen LogP contribution in [0.5, 0.6) is 0 Å². The van der Waals surface area contributed by atoms with E-state index in [-0.39, 0.29) is 11.6 Å². The van der Waals surface area contributed by atoms with Crippen molar-refractivity contribution >= 4 is 31.7 Å². The highest BCUT2D eigenvalue weighted by Crippen LogP contribution is 2.41. The summed E-state index contributed by atoms with van der Waals surface area (Å²) < 4.78 is 44.8. The summed E-state index contributed by atoms with van der Waals surface area (Å²) in [6, 6.07) is 25.2. The Hall–Kier alpha value is -3.88. The van der Waals surface area contributed by atoms with Crippen LogP contribution in [0.1, 0.15) is 13.8 Å². The number of pyridine rings is 1. The van der Waals surface area contributed by atoms with Gasteiger partial charge in [0.05, 0.1) is 20.3 Å². The second-order valence-electron chi connectivity index (χ2n) is 8.52. The molecule has 37 heavy (non-hydrogen) atoms. The zero-order chi connectivity index (χ0) is 26.0. The number of hydrogen-bond acceptors (Lipinski definition) is 4. The summed E-state index contributed by atoms with van der Waals surface area (Å²) in [5, 5.41) is 0.673. The minimum Gasteiger partial charge on any atom is -0.293 e. The third-order valence-electron chi connectivity index (χ3n) is 5.74. The van der Waals surface area contributed by atoms with E-state index < -0.39 is 9.71 Å². The number of aromatic nitrogens is 2. The van der Waals surface area contributed by atoms with E-state index in [9.17, 15) is 13.0 Å². The van der Waals surface area contributed by atoms with Gasteiger partial charge in [0, 0.05) is 22.2 Å². The van der Waals surface area contributed by atoms with E-state index in [2.05, 4.69) is 9.71 Å². The molecule has 0 aliphatic carbocycles. The number of hydrogen-bond donors (Lipinski definition) is 1. The zero-order valence-electron chi connectivity index (χ0n) is 20.1. The molecule has 2 heterocycles. The summed E-state index contributed by atoms with van der Waals surface area (Å²) in [5.41, 5.74) is 2.76. The van der Waals surface area contributed by atoms with Gasteiger partial charge >= 0.3 is 0 Å². The molecule has 0 radical (unpaired) electrons. The lowest BCUT2D eigenvalue weighted by Gasteiger charge is -2.16. The fraction of sp³-hybridized carbons (Fsp3) is 0.0690. The minimum atomic E-state index is -2.74. The van der Waals surface area contributed by atoms with Gasteiger partial charge in [-0.15, -0.1) is 11.3 Å². The molecule has 0 aliphatic rings. The normalized spacial score (nSPS) is 12.6. The van der Waals surface area contributed by atoms with Crippen LogP contribution < -0.4 is 4.72 Å². The molecular weight excluding hydrogens is 508 g/mol. The Labute approximate surface area is 218 Å². The molecule has 1 atom stereocenters. The maximum atomic E-state index is 14.1. The van der Waals surface area contributed by atoms with Crippen LogP contribution in [0.3, 0.4) is 0 Å². The SMILES string of the molecule is CC(C)=S(=O)(Nc1cc(-c2sc(-c3ccc(F)cc3)nc2-c2cccc(F)c2)ccn1)c1ccccc1. The molecule has 186 valence electrons. The average molecular weight is 532 g/mol. The molecular formula is C29H23F2N3OS2. The molecule has 1 unspecified atom stereocenters. The van der Waals surface area contributed by atoms with E-state index in [4.69, 9.17) is 4.98 Å². The quantitative estimate of drug-likeness (QED) is 0.229. The van der Waals surface area contributed by atoms with E-state index in [1.165, 1.54) is 35.6 Å². The number of nitrogens with zero attached hydrogens (tertiary/aromatic N) is 2. The topological polar surface area (TPSA) is 54.9 Å². The lowest BCUT2D eigenvalue weighted by atomic mass is 10.1. The minimum absolute atomic E-state index is 0.333. The predicted octanol–water partition coefficient (Wildman–Crippen LogP) is 7.70. The Kier molecular flexibility index (Phi) is 6.86. The average Bonchev–Trinajstić information content (AvgIpc) is 3.35. The molecule has 0 fully saturated rings. The van der Waals surface area contributed by atoms with Crippen molar-refractivity contribution in [3.05, 3.63) is 109 Å².